The molecule has 0 aromatic heterocycles. The zero-order chi connectivity index (χ0) is 23.0. The van der Waals surface area contributed by atoms with Crippen LogP contribution in [0.1, 0.15) is 51.8 Å². The van der Waals surface area contributed by atoms with Gasteiger partial charge in [0.15, 0.2) is 0 Å². The van der Waals surface area contributed by atoms with Gasteiger partial charge >= 0.3 is 17.9 Å². The van der Waals surface area contributed by atoms with Crippen LogP contribution in [-0.2, 0) is 0 Å². The number of hydrogen-bond acceptors (Lipinski definition) is 6. The van der Waals surface area contributed by atoms with Crippen LogP contribution in [0, 0.1) is 0 Å². The monoisotopic (exact) mass is 431 g/mol. The van der Waals surface area contributed by atoms with Gasteiger partial charge in [0.25, 0.3) is 11.8 Å². The van der Waals surface area contributed by atoms with E-state index in [0.717, 1.165) is 4.90 Å². The lowest BCUT2D eigenvalue weighted by Crippen LogP contribution is -2.29. The van der Waals surface area contributed by atoms with Gasteiger partial charge in [-0.1, -0.05) is 0 Å². The molecule has 4 rings (SSSR count). The van der Waals surface area contributed by atoms with E-state index in [2.05, 4.69) is 0 Å². The molecule has 0 saturated heterocycles. The summed E-state index contributed by atoms with van der Waals surface area (Å²) in [6.45, 7) is 0. The third-order valence-electron chi connectivity index (χ3n) is 4.81. The summed E-state index contributed by atoms with van der Waals surface area (Å²) in [5.74, 6) is -4.19. The number of hydrogen-bond donors (Lipinski definition) is 2. The first kappa shape index (κ1) is 20.5. The van der Waals surface area contributed by atoms with Crippen LogP contribution in [-0.4, -0.2) is 39.9 Å². The summed E-state index contributed by atoms with van der Waals surface area (Å²) in [6, 6.07) is 14.4. The predicted octanol–water partition coefficient (Wildman–Crippen LogP) is 3.10. The van der Waals surface area contributed by atoms with Crippen molar-refractivity contribution in [2.24, 2.45) is 0 Å². The van der Waals surface area contributed by atoms with E-state index in [-0.39, 0.29) is 39.3 Å². The molecule has 2 N–H and O–H groups in total. The fraction of sp³-hybridized carbons (Fsp3) is 0. The third kappa shape index (κ3) is 3.58. The van der Waals surface area contributed by atoms with E-state index < -0.39 is 29.7 Å². The van der Waals surface area contributed by atoms with Crippen molar-refractivity contribution in [2.45, 2.75) is 0 Å². The van der Waals surface area contributed by atoms with E-state index in [1.807, 2.05) is 0 Å². The summed E-state index contributed by atoms with van der Waals surface area (Å²) in [7, 11) is 0. The number of carbonyl (C=O) groups is 5. The number of carbonyl (C=O) groups excluding carboxylic acids is 3. The highest BCUT2D eigenvalue weighted by Crippen LogP contribution is 2.29. The molecule has 1 aliphatic rings. The van der Waals surface area contributed by atoms with E-state index >= 15 is 0 Å². The largest absolute Gasteiger partial charge is 0.478 e. The second kappa shape index (κ2) is 7.80. The van der Waals surface area contributed by atoms with Gasteiger partial charge in [-0.15, -0.1) is 0 Å². The van der Waals surface area contributed by atoms with Gasteiger partial charge in [0.2, 0.25) is 0 Å². The molecule has 0 unspecified atom stereocenters. The molecule has 9 heteroatoms. The second-order valence-electron chi connectivity index (χ2n) is 6.78. The topological polar surface area (TPSA) is 138 Å². The van der Waals surface area contributed by atoms with Crippen molar-refractivity contribution >= 4 is 35.4 Å². The quantitative estimate of drug-likeness (QED) is 0.357. The number of amides is 2. The highest BCUT2D eigenvalue weighted by molar-refractivity contribution is 6.34. The van der Waals surface area contributed by atoms with Gasteiger partial charge in [-0.3, -0.25) is 9.59 Å². The van der Waals surface area contributed by atoms with Crippen LogP contribution in [0.5, 0.6) is 5.75 Å². The number of carboxylic acid groups (broad SMARTS) is 2. The Hall–Kier alpha value is -4.79. The minimum Gasteiger partial charge on any atom is -0.478 e. The fourth-order valence-corrected chi connectivity index (χ4v) is 3.19. The van der Waals surface area contributed by atoms with E-state index in [4.69, 9.17) is 14.9 Å². The molecular weight excluding hydrogens is 418 g/mol. The van der Waals surface area contributed by atoms with E-state index in [1.165, 1.54) is 66.7 Å². The normalized spacial score (nSPS) is 12.4. The number of esters is 1. The van der Waals surface area contributed by atoms with E-state index in [1.54, 1.807) is 0 Å². The summed E-state index contributed by atoms with van der Waals surface area (Å²) in [6.07, 6.45) is 0. The molecule has 0 bridgehead atoms. The van der Waals surface area contributed by atoms with Crippen molar-refractivity contribution in [1.82, 2.24) is 0 Å². The summed E-state index contributed by atoms with van der Waals surface area (Å²) in [4.78, 5) is 60.8. The Balaban J connectivity index is 1.57. The Morgan fingerprint density at radius 2 is 1.16 bits per heavy atom. The van der Waals surface area contributed by atoms with Gasteiger partial charge in [0.05, 0.1) is 33.5 Å². The second-order valence-corrected chi connectivity index (χ2v) is 6.78. The number of aromatic carboxylic acids is 2. The number of benzene rings is 3. The summed E-state index contributed by atoms with van der Waals surface area (Å²) >= 11 is 0. The first-order valence-electron chi connectivity index (χ1n) is 9.18. The molecule has 0 spiro atoms. The summed E-state index contributed by atoms with van der Waals surface area (Å²) in [5.41, 5.74) is 0.362. The maximum absolute atomic E-state index is 12.8. The molecule has 1 heterocycles. The smallest absolute Gasteiger partial charge is 0.343 e. The van der Waals surface area contributed by atoms with Crippen molar-refractivity contribution in [2.75, 3.05) is 4.90 Å². The van der Waals surface area contributed by atoms with Gasteiger partial charge < -0.3 is 14.9 Å². The molecule has 3 aromatic carbocycles. The van der Waals surface area contributed by atoms with Crippen molar-refractivity contribution in [3.8, 4) is 5.75 Å². The van der Waals surface area contributed by atoms with E-state index in [0.29, 0.717) is 0 Å². The number of fused-ring (bicyclic) bond motifs is 1. The maximum atomic E-state index is 12.8. The molecule has 3 aromatic rings. The molecule has 0 aliphatic carbocycles. The Bertz CT molecular complexity index is 1290. The van der Waals surface area contributed by atoms with Crippen molar-refractivity contribution < 1.29 is 38.9 Å². The van der Waals surface area contributed by atoms with Crippen LogP contribution in [0.3, 0.4) is 0 Å². The highest BCUT2D eigenvalue weighted by Gasteiger charge is 2.37. The lowest BCUT2D eigenvalue weighted by Gasteiger charge is -2.13. The lowest BCUT2D eigenvalue weighted by molar-refractivity contribution is 0.0685. The first-order valence-corrected chi connectivity index (χ1v) is 9.18. The zero-order valence-electron chi connectivity index (χ0n) is 16.1. The molecule has 0 fully saturated rings. The number of rotatable bonds is 5. The number of anilines is 1. The number of imide groups is 1. The van der Waals surface area contributed by atoms with E-state index in [9.17, 15) is 24.0 Å². The molecule has 9 nitrogen and oxygen atoms in total. The Morgan fingerprint density at radius 1 is 0.656 bits per heavy atom. The molecule has 32 heavy (non-hydrogen) atoms. The van der Waals surface area contributed by atoms with Gasteiger partial charge in [0.1, 0.15) is 5.75 Å². The molecule has 158 valence electrons. The van der Waals surface area contributed by atoms with Gasteiger partial charge in [-0.05, 0) is 66.7 Å². The minimum atomic E-state index is -1.14. The minimum absolute atomic E-state index is 0.00628. The molecule has 0 saturated carbocycles. The Kier molecular flexibility index (Phi) is 4.99. The van der Waals surface area contributed by atoms with Crippen molar-refractivity contribution in [3.05, 3.63) is 94.5 Å². The molecule has 2 amide bonds. The number of ether oxygens (including phenoxy) is 1. The average molecular weight is 431 g/mol. The van der Waals surface area contributed by atoms with Gasteiger partial charge in [0, 0.05) is 0 Å². The Morgan fingerprint density at radius 3 is 1.72 bits per heavy atom. The van der Waals surface area contributed by atoms with Gasteiger partial charge in [-0.25, -0.2) is 19.3 Å². The number of nitrogens with zero attached hydrogens (tertiary/aromatic N) is 1. The number of carboxylic acids is 2. The van der Waals surface area contributed by atoms with Gasteiger partial charge in [-0.2, -0.15) is 0 Å². The summed E-state index contributed by atoms with van der Waals surface area (Å²) < 4.78 is 5.21. The van der Waals surface area contributed by atoms with Crippen molar-refractivity contribution in [3.63, 3.8) is 0 Å². The SMILES string of the molecule is O=C(O)c1ccc(OC(=O)c2ccc3c(c2)C(=O)N(c2ccc(C(=O)O)cc2)C3=O)cc1. The molecule has 0 radical (unpaired) electrons. The lowest BCUT2D eigenvalue weighted by atomic mass is 10.1. The average Bonchev–Trinajstić information content (AvgIpc) is 3.03. The molecule has 0 atom stereocenters. The van der Waals surface area contributed by atoms with Crippen LogP contribution >= 0.6 is 0 Å². The van der Waals surface area contributed by atoms with Crippen LogP contribution in [0.2, 0.25) is 0 Å². The van der Waals surface area contributed by atoms with Crippen LogP contribution in [0.25, 0.3) is 0 Å². The maximum Gasteiger partial charge on any atom is 0.343 e. The third-order valence-corrected chi connectivity index (χ3v) is 4.81. The van der Waals surface area contributed by atoms with Crippen LogP contribution in [0.4, 0.5) is 5.69 Å². The fourth-order valence-electron chi connectivity index (χ4n) is 3.19. The molecule has 1 aliphatic heterocycles. The predicted molar refractivity (Wildman–Crippen MR) is 109 cm³/mol. The summed E-state index contributed by atoms with van der Waals surface area (Å²) in [5, 5.41) is 17.9. The van der Waals surface area contributed by atoms with Crippen molar-refractivity contribution in [1.29, 1.82) is 0 Å². The van der Waals surface area contributed by atoms with Crippen LogP contribution in [0.15, 0.2) is 66.7 Å². The zero-order valence-corrected chi connectivity index (χ0v) is 16.1. The molecular formula is C23H13NO8. The Labute approximate surface area is 180 Å². The highest BCUT2D eigenvalue weighted by atomic mass is 16.5. The standard InChI is InChI=1S/C23H13NO8/c25-19-17-10-5-14(23(31)32-16-8-3-13(4-9-16)22(29)30)11-18(17)20(26)24(19)15-6-1-12(2-7-15)21(27)28/h1-11H,(H,27,28)(H,29,30). The van der Waals surface area contributed by atoms with Crippen LogP contribution < -0.4 is 9.64 Å². The first-order chi connectivity index (χ1) is 15.3.